The molecule has 1 heterocycles. The fourth-order valence-electron chi connectivity index (χ4n) is 3.17. The average Bonchev–Trinajstić information content (AvgIpc) is 3.35. The number of nitrogens with one attached hydrogen (secondary N) is 2. The Hall–Kier alpha value is -3.35. The first kappa shape index (κ1) is 27.2. The van der Waals surface area contributed by atoms with Gasteiger partial charge in [-0.2, -0.15) is 4.98 Å². The van der Waals surface area contributed by atoms with Gasteiger partial charge in [0.2, 0.25) is 17.6 Å². The molecule has 0 bridgehead atoms. The van der Waals surface area contributed by atoms with Gasteiger partial charge in [0, 0.05) is 11.3 Å². The van der Waals surface area contributed by atoms with Gasteiger partial charge in [0.05, 0.1) is 22.0 Å². The molecule has 12 heteroatoms. The van der Waals surface area contributed by atoms with Crippen LogP contribution in [0.3, 0.4) is 0 Å². The van der Waals surface area contributed by atoms with Gasteiger partial charge in [-0.15, -0.1) is 0 Å². The van der Waals surface area contributed by atoms with Gasteiger partial charge in [0.25, 0.3) is 10.0 Å². The number of carbonyl (C=O) groups is 1. The molecule has 1 aromatic heterocycles. The van der Waals surface area contributed by atoms with Crippen molar-refractivity contribution in [2.24, 2.45) is 16.9 Å². The number of benzene rings is 2. The molecule has 0 aliphatic heterocycles. The Bertz CT molecular complexity index is 1300. The van der Waals surface area contributed by atoms with E-state index in [0.717, 1.165) is 12.8 Å². The Morgan fingerprint density at radius 1 is 1.14 bits per heavy atom. The molecule has 6 N–H and O–H groups in total. The van der Waals surface area contributed by atoms with E-state index in [1.54, 1.807) is 24.3 Å². The molecule has 36 heavy (non-hydrogen) atoms. The monoisotopic (exact) mass is 518 g/mol. The van der Waals surface area contributed by atoms with Gasteiger partial charge >= 0.3 is 0 Å². The standard InChI is InChI=1S/C24H31FN6O4S/c1-24(2,15-25)23(32)28-17-8-6-9-18(14-17)31-36(33,34)19-10-5-7-16(13-19)21-29-22(35-30-21)20(27)11-3-4-12-26/h5-10,13-14,20,31H,3-4,11-12,15,26-27H2,1-2H3,(H,28,32). The maximum Gasteiger partial charge on any atom is 0.261 e. The van der Waals surface area contributed by atoms with Gasteiger partial charge in [-0.05, 0) is 63.6 Å². The van der Waals surface area contributed by atoms with E-state index in [-0.39, 0.29) is 22.3 Å². The van der Waals surface area contributed by atoms with Crippen molar-refractivity contribution in [2.75, 3.05) is 23.3 Å². The Morgan fingerprint density at radius 2 is 1.86 bits per heavy atom. The number of rotatable bonds is 12. The van der Waals surface area contributed by atoms with Crippen LogP contribution in [-0.2, 0) is 14.8 Å². The lowest BCUT2D eigenvalue weighted by atomic mass is 9.94. The largest absolute Gasteiger partial charge is 0.337 e. The van der Waals surface area contributed by atoms with Gasteiger partial charge < -0.3 is 21.3 Å². The third kappa shape index (κ3) is 6.86. The molecule has 3 aromatic rings. The summed E-state index contributed by atoms with van der Waals surface area (Å²) in [6, 6.07) is 11.8. The molecule has 10 nitrogen and oxygen atoms in total. The van der Waals surface area contributed by atoms with Crippen molar-refractivity contribution in [3.8, 4) is 11.4 Å². The number of hydrogen-bond acceptors (Lipinski definition) is 8. The number of unbranched alkanes of at least 4 members (excludes halogenated alkanes) is 1. The van der Waals surface area contributed by atoms with Gasteiger partial charge in [0.1, 0.15) is 6.67 Å². The molecule has 1 unspecified atom stereocenters. The normalized spacial score (nSPS) is 12.8. The molecular weight excluding hydrogens is 487 g/mol. The van der Waals surface area contributed by atoms with E-state index in [1.807, 2.05) is 0 Å². The number of nitrogens with two attached hydrogens (primary N) is 2. The summed E-state index contributed by atoms with van der Waals surface area (Å²) in [5.74, 6) is -0.0315. The predicted octanol–water partition coefficient (Wildman–Crippen LogP) is 3.60. The van der Waals surface area contributed by atoms with Crippen LogP contribution in [0.1, 0.15) is 45.0 Å². The quantitative estimate of drug-likeness (QED) is 0.264. The Kier molecular flexibility index (Phi) is 8.77. The molecule has 0 fully saturated rings. The second-order valence-corrected chi connectivity index (χ2v) is 10.7. The minimum Gasteiger partial charge on any atom is -0.337 e. The number of amides is 1. The number of halogens is 1. The fraction of sp³-hybridized carbons (Fsp3) is 0.375. The summed E-state index contributed by atoms with van der Waals surface area (Å²) < 4.78 is 46.9. The number of nitrogens with zero attached hydrogens (tertiary/aromatic N) is 2. The highest BCUT2D eigenvalue weighted by molar-refractivity contribution is 7.92. The lowest BCUT2D eigenvalue weighted by Crippen LogP contribution is -2.32. The van der Waals surface area contributed by atoms with Crippen LogP contribution in [0.2, 0.25) is 0 Å². The molecule has 2 aromatic carbocycles. The van der Waals surface area contributed by atoms with Crippen LogP contribution in [0.4, 0.5) is 15.8 Å². The smallest absolute Gasteiger partial charge is 0.261 e. The van der Waals surface area contributed by atoms with Crippen LogP contribution in [0.5, 0.6) is 0 Å². The molecule has 0 aliphatic rings. The summed E-state index contributed by atoms with van der Waals surface area (Å²) in [6.07, 6.45) is 2.31. The van der Waals surface area contributed by atoms with Crippen molar-refractivity contribution in [3.05, 3.63) is 54.4 Å². The van der Waals surface area contributed by atoms with Crippen LogP contribution >= 0.6 is 0 Å². The van der Waals surface area contributed by atoms with Crippen LogP contribution in [0.25, 0.3) is 11.4 Å². The first-order chi connectivity index (χ1) is 17.1. The maximum absolute atomic E-state index is 13.1. The second-order valence-electron chi connectivity index (χ2n) is 9.03. The highest BCUT2D eigenvalue weighted by atomic mass is 32.2. The number of anilines is 2. The number of hydrogen-bond donors (Lipinski definition) is 4. The molecule has 3 rings (SSSR count). The third-order valence-electron chi connectivity index (χ3n) is 5.45. The van der Waals surface area contributed by atoms with Crippen molar-refractivity contribution < 1.29 is 22.1 Å². The van der Waals surface area contributed by atoms with E-state index in [1.165, 1.54) is 38.1 Å². The van der Waals surface area contributed by atoms with E-state index in [2.05, 4.69) is 20.2 Å². The first-order valence-corrected chi connectivity index (χ1v) is 12.9. The Balaban J connectivity index is 1.75. The van der Waals surface area contributed by atoms with E-state index in [4.69, 9.17) is 16.0 Å². The lowest BCUT2D eigenvalue weighted by molar-refractivity contribution is -0.124. The second kappa shape index (κ2) is 11.6. The van der Waals surface area contributed by atoms with E-state index in [0.29, 0.717) is 24.2 Å². The van der Waals surface area contributed by atoms with Gasteiger partial charge in [0.15, 0.2) is 0 Å². The predicted molar refractivity (Wildman–Crippen MR) is 135 cm³/mol. The zero-order chi connectivity index (χ0) is 26.3. The van der Waals surface area contributed by atoms with Crippen molar-refractivity contribution in [3.63, 3.8) is 0 Å². The number of carbonyl (C=O) groups excluding carboxylic acids is 1. The summed E-state index contributed by atoms with van der Waals surface area (Å²) in [5, 5.41) is 6.54. The van der Waals surface area contributed by atoms with Gasteiger partial charge in [-0.3, -0.25) is 9.52 Å². The van der Waals surface area contributed by atoms with Crippen molar-refractivity contribution >= 4 is 27.3 Å². The maximum atomic E-state index is 13.1. The summed E-state index contributed by atoms with van der Waals surface area (Å²) in [7, 11) is -3.99. The molecule has 0 saturated heterocycles. The molecule has 1 atom stereocenters. The van der Waals surface area contributed by atoms with E-state index < -0.39 is 34.1 Å². The average molecular weight is 519 g/mol. The Morgan fingerprint density at radius 3 is 2.58 bits per heavy atom. The van der Waals surface area contributed by atoms with E-state index >= 15 is 0 Å². The molecular formula is C24H31FN6O4S. The van der Waals surface area contributed by atoms with Crippen molar-refractivity contribution in [1.82, 2.24) is 10.1 Å². The van der Waals surface area contributed by atoms with Crippen LogP contribution in [0, 0.1) is 5.41 Å². The van der Waals surface area contributed by atoms with Crippen LogP contribution in [-0.4, -0.2) is 37.7 Å². The Labute approximate surface area is 209 Å². The summed E-state index contributed by atoms with van der Waals surface area (Å²) in [5.41, 5.74) is 11.4. The molecule has 0 spiro atoms. The van der Waals surface area contributed by atoms with Crippen molar-refractivity contribution in [1.29, 1.82) is 0 Å². The summed E-state index contributed by atoms with van der Waals surface area (Å²) in [4.78, 5) is 16.5. The van der Waals surface area contributed by atoms with E-state index in [9.17, 15) is 17.6 Å². The molecule has 194 valence electrons. The van der Waals surface area contributed by atoms with Gasteiger partial charge in [-0.1, -0.05) is 29.8 Å². The van der Waals surface area contributed by atoms with Crippen LogP contribution < -0.4 is 21.5 Å². The lowest BCUT2D eigenvalue weighted by Gasteiger charge is -2.19. The minimum absolute atomic E-state index is 0.0217. The van der Waals surface area contributed by atoms with Crippen molar-refractivity contribution in [2.45, 2.75) is 44.0 Å². The zero-order valence-corrected chi connectivity index (χ0v) is 21.0. The number of alkyl halides is 1. The number of aromatic nitrogens is 2. The summed E-state index contributed by atoms with van der Waals surface area (Å²) in [6.45, 7) is 2.70. The molecule has 0 saturated carbocycles. The number of sulfonamides is 1. The molecule has 1 amide bonds. The fourth-order valence-corrected chi connectivity index (χ4v) is 4.27. The van der Waals surface area contributed by atoms with Crippen LogP contribution in [0.15, 0.2) is 57.9 Å². The zero-order valence-electron chi connectivity index (χ0n) is 20.2. The SMILES string of the molecule is CC(C)(CF)C(=O)Nc1cccc(NS(=O)(=O)c2cccc(-c3noc(C(N)CCCCN)n3)c2)c1. The highest BCUT2D eigenvalue weighted by Gasteiger charge is 2.27. The topological polar surface area (TPSA) is 166 Å². The first-order valence-electron chi connectivity index (χ1n) is 11.5. The minimum atomic E-state index is -3.99. The third-order valence-corrected chi connectivity index (χ3v) is 6.83. The molecule has 0 radical (unpaired) electrons. The highest BCUT2D eigenvalue weighted by Crippen LogP contribution is 2.26. The summed E-state index contributed by atoms with van der Waals surface area (Å²) >= 11 is 0. The van der Waals surface area contributed by atoms with Gasteiger partial charge in [-0.25, -0.2) is 12.8 Å². The molecule has 0 aliphatic carbocycles.